The highest BCUT2D eigenvalue weighted by molar-refractivity contribution is 7.17. The molecule has 1 aliphatic rings. The maximum atomic E-state index is 10.9. The third kappa shape index (κ3) is 2.86. The second-order valence-electron chi connectivity index (χ2n) is 5.52. The highest BCUT2D eigenvalue weighted by Crippen LogP contribution is 2.27. The molecule has 20 heavy (non-hydrogen) atoms. The van der Waals surface area contributed by atoms with E-state index in [0.717, 1.165) is 32.2 Å². The topological polar surface area (TPSA) is 49.3 Å². The third-order valence-electron chi connectivity index (χ3n) is 4.22. The van der Waals surface area contributed by atoms with Gasteiger partial charge in [-0.1, -0.05) is 18.2 Å². The molecule has 1 fully saturated rings. The molecule has 0 aliphatic heterocycles. The van der Waals surface area contributed by atoms with Crippen LogP contribution >= 0.6 is 11.3 Å². The molecule has 1 saturated carbocycles. The van der Waals surface area contributed by atoms with Gasteiger partial charge in [-0.05, 0) is 48.1 Å². The molecule has 106 valence electrons. The summed E-state index contributed by atoms with van der Waals surface area (Å²) in [4.78, 5) is 10.9. The number of carbonyl (C=O) groups is 1. The van der Waals surface area contributed by atoms with Crippen LogP contribution < -0.4 is 5.32 Å². The summed E-state index contributed by atoms with van der Waals surface area (Å²) in [6.45, 7) is 0.881. The monoisotopic (exact) mass is 289 g/mol. The molecule has 0 unspecified atom stereocenters. The Labute approximate surface area is 122 Å². The summed E-state index contributed by atoms with van der Waals surface area (Å²) in [6, 6.07) is 8.94. The summed E-state index contributed by atoms with van der Waals surface area (Å²) in [6.07, 6.45) is 3.55. The Bertz CT molecular complexity index is 599. The molecular weight excluding hydrogens is 270 g/mol. The molecular formula is C16H19NO2S. The number of thiophene rings is 1. The van der Waals surface area contributed by atoms with Crippen LogP contribution in [0, 0.1) is 5.92 Å². The van der Waals surface area contributed by atoms with Crippen molar-refractivity contribution in [2.24, 2.45) is 5.92 Å². The summed E-state index contributed by atoms with van der Waals surface area (Å²) in [5.74, 6) is -0.762. The van der Waals surface area contributed by atoms with Crippen LogP contribution in [0.25, 0.3) is 10.1 Å². The number of carboxylic acids is 1. The van der Waals surface area contributed by atoms with Crippen molar-refractivity contribution in [3.8, 4) is 0 Å². The lowest BCUT2D eigenvalue weighted by molar-refractivity contribution is -0.142. The molecule has 1 aromatic heterocycles. The molecule has 0 bridgehead atoms. The van der Waals surface area contributed by atoms with E-state index in [1.54, 1.807) is 11.3 Å². The number of rotatable bonds is 4. The predicted octanol–water partition coefficient (Wildman–Crippen LogP) is 3.63. The Morgan fingerprint density at radius 3 is 2.75 bits per heavy atom. The van der Waals surface area contributed by atoms with E-state index in [9.17, 15) is 4.79 Å². The van der Waals surface area contributed by atoms with Gasteiger partial charge in [-0.25, -0.2) is 0 Å². The summed E-state index contributed by atoms with van der Waals surface area (Å²) >= 11 is 1.79. The van der Waals surface area contributed by atoms with Crippen molar-refractivity contribution in [1.29, 1.82) is 0 Å². The van der Waals surface area contributed by atoms with Crippen molar-refractivity contribution >= 4 is 27.4 Å². The molecule has 0 radical (unpaired) electrons. The van der Waals surface area contributed by atoms with E-state index in [1.165, 1.54) is 15.6 Å². The average Bonchev–Trinajstić information content (AvgIpc) is 2.89. The molecule has 0 atom stereocenters. The van der Waals surface area contributed by atoms with Gasteiger partial charge < -0.3 is 10.4 Å². The number of nitrogens with one attached hydrogen (secondary N) is 1. The molecule has 1 aromatic carbocycles. The third-order valence-corrected chi connectivity index (χ3v) is 5.23. The second kappa shape index (κ2) is 5.94. The first-order valence-electron chi connectivity index (χ1n) is 7.15. The molecule has 0 amide bonds. The zero-order valence-electron chi connectivity index (χ0n) is 11.3. The van der Waals surface area contributed by atoms with Crippen molar-refractivity contribution in [3.63, 3.8) is 0 Å². The van der Waals surface area contributed by atoms with E-state index in [0.29, 0.717) is 6.04 Å². The largest absolute Gasteiger partial charge is 0.481 e. The minimum Gasteiger partial charge on any atom is -0.481 e. The first-order chi connectivity index (χ1) is 9.74. The minimum absolute atomic E-state index is 0.130. The molecule has 2 aromatic rings. The summed E-state index contributed by atoms with van der Waals surface area (Å²) in [5, 5.41) is 16.2. The van der Waals surface area contributed by atoms with Gasteiger partial charge in [-0.2, -0.15) is 0 Å². The summed E-state index contributed by atoms with van der Waals surface area (Å²) in [5.41, 5.74) is 1.35. The first kappa shape index (κ1) is 13.6. The quantitative estimate of drug-likeness (QED) is 0.903. The van der Waals surface area contributed by atoms with Gasteiger partial charge in [0.05, 0.1) is 5.92 Å². The van der Waals surface area contributed by atoms with Crippen LogP contribution in [0.3, 0.4) is 0 Å². The molecule has 3 rings (SSSR count). The maximum absolute atomic E-state index is 10.9. The number of carboxylic acid groups (broad SMARTS) is 1. The van der Waals surface area contributed by atoms with E-state index in [-0.39, 0.29) is 5.92 Å². The summed E-state index contributed by atoms with van der Waals surface area (Å²) in [7, 11) is 0. The molecule has 0 spiro atoms. The number of hydrogen-bond acceptors (Lipinski definition) is 3. The van der Waals surface area contributed by atoms with Crippen molar-refractivity contribution in [2.75, 3.05) is 0 Å². The van der Waals surface area contributed by atoms with Crippen LogP contribution in [0.2, 0.25) is 0 Å². The summed E-state index contributed by atoms with van der Waals surface area (Å²) < 4.78 is 1.33. The lowest BCUT2D eigenvalue weighted by Gasteiger charge is -2.26. The fraction of sp³-hybridized carbons (Fsp3) is 0.438. The van der Waals surface area contributed by atoms with Gasteiger partial charge in [-0.15, -0.1) is 11.3 Å². The zero-order valence-corrected chi connectivity index (χ0v) is 12.2. The zero-order chi connectivity index (χ0) is 13.9. The average molecular weight is 289 g/mol. The van der Waals surface area contributed by atoms with E-state index in [4.69, 9.17) is 5.11 Å². The Morgan fingerprint density at radius 2 is 2.00 bits per heavy atom. The smallest absolute Gasteiger partial charge is 0.306 e. The van der Waals surface area contributed by atoms with Crippen LogP contribution in [0.15, 0.2) is 29.6 Å². The highest BCUT2D eigenvalue weighted by Gasteiger charge is 2.25. The lowest BCUT2D eigenvalue weighted by Crippen LogP contribution is -2.34. The molecule has 1 aliphatic carbocycles. The van der Waals surface area contributed by atoms with Gasteiger partial charge in [0, 0.05) is 17.3 Å². The SMILES string of the molecule is O=C(O)C1CCC(NCc2csc3ccccc23)CC1. The van der Waals surface area contributed by atoms with Crippen molar-refractivity contribution in [3.05, 3.63) is 35.2 Å². The van der Waals surface area contributed by atoms with E-state index in [2.05, 4.69) is 35.0 Å². The van der Waals surface area contributed by atoms with Gasteiger partial charge in [0.1, 0.15) is 0 Å². The standard InChI is InChI=1S/C16H19NO2S/c18-16(19)11-5-7-13(8-6-11)17-9-12-10-20-15-4-2-1-3-14(12)15/h1-4,10-11,13,17H,5-9H2,(H,18,19). The fourth-order valence-corrected chi connectivity index (χ4v) is 3.93. The van der Waals surface area contributed by atoms with Gasteiger partial charge >= 0.3 is 5.97 Å². The fourth-order valence-electron chi connectivity index (χ4n) is 2.97. The predicted molar refractivity (Wildman–Crippen MR) is 82.0 cm³/mol. The van der Waals surface area contributed by atoms with Gasteiger partial charge in [0.2, 0.25) is 0 Å². The minimum atomic E-state index is -0.632. The van der Waals surface area contributed by atoms with Crippen LogP contribution in [-0.4, -0.2) is 17.1 Å². The number of aliphatic carboxylic acids is 1. The maximum Gasteiger partial charge on any atom is 0.306 e. The van der Waals surface area contributed by atoms with Crippen LogP contribution in [0.1, 0.15) is 31.2 Å². The number of hydrogen-bond donors (Lipinski definition) is 2. The van der Waals surface area contributed by atoms with Crippen LogP contribution in [0.4, 0.5) is 0 Å². The number of benzene rings is 1. The van der Waals surface area contributed by atoms with Crippen molar-refractivity contribution in [2.45, 2.75) is 38.3 Å². The van der Waals surface area contributed by atoms with E-state index >= 15 is 0 Å². The van der Waals surface area contributed by atoms with Gasteiger partial charge in [0.15, 0.2) is 0 Å². The van der Waals surface area contributed by atoms with Gasteiger partial charge in [-0.3, -0.25) is 4.79 Å². The van der Waals surface area contributed by atoms with Gasteiger partial charge in [0.25, 0.3) is 0 Å². The van der Waals surface area contributed by atoms with Crippen LogP contribution in [-0.2, 0) is 11.3 Å². The highest BCUT2D eigenvalue weighted by atomic mass is 32.1. The molecule has 0 saturated heterocycles. The normalized spacial score (nSPS) is 23.0. The Morgan fingerprint density at radius 1 is 1.25 bits per heavy atom. The van der Waals surface area contributed by atoms with E-state index in [1.807, 2.05) is 0 Å². The molecule has 2 N–H and O–H groups in total. The van der Waals surface area contributed by atoms with Crippen molar-refractivity contribution < 1.29 is 9.90 Å². The molecule has 4 heteroatoms. The van der Waals surface area contributed by atoms with Crippen molar-refractivity contribution in [1.82, 2.24) is 5.32 Å². The first-order valence-corrected chi connectivity index (χ1v) is 8.03. The molecule has 1 heterocycles. The Kier molecular flexibility index (Phi) is 4.03. The Hall–Kier alpha value is -1.39. The van der Waals surface area contributed by atoms with Crippen LogP contribution in [0.5, 0.6) is 0 Å². The number of fused-ring (bicyclic) bond motifs is 1. The second-order valence-corrected chi connectivity index (χ2v) is 6.44. The lowest BCUT2D eigenvalue weighted by atomic mass is 9.86. The molecule has 3 nitrogen and oxygen atoms in total. The van der Waals surface area contributed by atoms with E-state index < -0.39 is 5.97 Å². The Balaban J connectivity index is 1.57.